The van der Waals surface area contributed by atoms with Gasteiger partial charge in [-0.2, -0.15) is 5.26 Å². The molecule has 2 nitrogen and oxygen atoms in total. The molecule has 0 amide bonds. The molecule has 0 saturated heterocycles. The predicted octanol–water partition coefficient (Wildman–Crippen LogP) is 5.82. The molecule has 23 heavy (non-hydrogen) atoms. The van der Waals surface area contributed by atoms with Gasteiger partial charge in [0.1, 0.15) is 5.75 Å². The summed E-state index contributed by atoms with van der Waals surface area (Å²) in [5, 5.41) is 8.83. The van der Waals surface area contributed by atoms with Gasteiger partial charge in [-0.15, -0.1) is 0 Å². The highest BCUT2D eigenvalue weighted by atomic mass is 16.5. The maximum absolute atomic E-state index is 8.83. The molecule has 0 heterocycles. The van der Waals surface area contributed by atoms with Gasteiger partial charge in [-0.3, -0.25) is 0 Å². The SMILES string of the molecule is CC(C)CCCCCOc1ccc(-c2ccc(C#N)cc2)cc1. The first-order chi connectivity index (χ1) is 11.2. The molecule has 2 heteroatoms. The van der Waals surface area contributed by atoms with Crippen LogP contribution in [0.25, 0.3) is 11.1 Å². The number of rotatable bonds is 8. The van der Waals surface area contributed by atoms with Crippen molar-refractivity contribution in [3.63, 3.8) is 0 Å². The van der Waals surface area contributed by atoms with Crippen molar-refractivity contribution in [3.05, 3.63) is 54.1 Å². The Labute approximate surface area is 139 Å². The first-order valence-electron chi connectivity index (χ1n) is 8.42. The summed E-state index contributed by atoms with van der Waals surface area (Å²) < 4.78 is 5.80. The molecule has 120 valence electrons. The molecule has 0 N–H and O–H groups in total. The molecule has 0 fully saturated rings. The lowest BCUT2D eigenvalue weighted by Gasteiger charge is -2.08. The van der Waals surface area contributed by atoms with E-state index in [-0.39, 0.29) is 0 Å². The van der Waals surface area contributed by atoms with Gasteiger partial charge in [0.05, 0.1) is 18.2 Å². The lowest BCUT2D eigenvalue weighted by atomic mass is 10.0. The van der Waals surface area contributed by atoms with E-state index in [2.05, 4.69) is 32.0 Å². The van der Waals surface area contributed by atoms with Crippen LogP contribution in [0.1, 0.15) is 45.1 Å². The van der Waals surface area contributed by atoms with Crippen molar-refractivity contribution < 1.29 is 4.74 Å². The third-order valence-corrected chi connectivity index (χ3v) is 3.90. The first kappa shape index (κ1) is 17.1. The minimum Gasteiger partial charge on any atom is -0.494 e. The molecule has 0 aliphatic heterocycles. The van der Waals surface area contributed by atoms with Gasteiger partial charge >= 0.3 is 0 Å². The van der Waals surface area contributed by atoms with Crippen LogP contribution in [0.15, 0.2) is 48.5 Å². The number of ether oxygens (including phenoxy) is 1. The molecule has 0 atom stereocenters. The van der Waals surface area contributed by atoms with Crippen molar-refractivity contribution in [1.29, 1.82) is 5.26 Å². The molecular formula is C21H25NO. The van der Waals surface area contributed by atoms with Crippen molar-refractivity contribution in [2.45, 2.75) is 39.5 Å². The summed E-state index contributed by atoms with van der Waals surface area (Å²) in [6, 6.07) is 17.9. The van der Waals surface area contributed by atoms with Gasteiger partial charge in [0.2, 0.25) is 0 Å². The van der Waals surface area contributed by atoms with Crippen LogP contribution in [0.5, 0.6) is 5.75 Å². The standard InChI is InChI=1S/C21H25NO/c1-17(2)6-4-3-5-15-23-21-13-11-20(12-14-21)19-9-7-18(16-22)8-10-19/h7-14,17H,3-6,15H2,1-2H3. The maximum Gasteiger partial charge on any atom is 0.119 e. The lowest BCUT2D eigenvalue weighted by Crippen LogP contribution is -1.97. The van der Waals surface area contributed by atoms with Crippen molar-refractivity contribution in [2.24, 2.45) is 5.92 Å². The Morgan fingerprint density at radius 1 is 0.870 bits per heavy atom. The second-order valence-electron chi connectivity index (χ2n) is 6.31. The van der Waals surface area contributed by atoms with Gasteiger partial charge in [0.25, 0.3) is 0 Å². The van der Waals surface area contributed by atoms with Crippen LogP contribution in [0.2, 0.25) is 0 Å². The fraction of sp³-hybridized carbons (Fsp3) is 0.381. The molecule has 2 aromatic carbocycles. The van der Waals surface area contributed by atoms with Crippen LogP contribution in [0.4, 0.5) is 0 Å². The molecule has 2 aromatic rings. The Morgan fingerprint density at radius 3 is 2.04 bits per heavy atom. The zero-order chi connectivity index (χ0) is 16.5. The van der Waals surface area contributed by atoms with Gasteiger partial charge < -0.3 is 4.74 Å². The van der Waals surface area contributed by atoms with E-state index < -0.39 is 0 Å². The summed E-state index contributed by atoms with van der Waals surface area (Å²) in [5.74, 6) is 1.72. The van der Waals surface area contributed by atoms with Gasteiger partial charge in [-0.1, -0.05) is 57.4 Å². The van der Waals surface area contributed by atoms with E-state index in [1.165, 1.54) is 19.3 Å². The summed E-state index contributed by atoms with van der Waals surface area (Å²) in [7, 11) is 0. The number of nitriles is 1. The monoisotopic (exact) mass is 307 g/mol. The molecule has 0 spiro atoms. The van der Waals surface area contributed by atoms with Crippen LogP contribution >= 0.6 is 0 Å². The highest BCUT2D eigenvalue weighted by Crippen LogP contribution is 2.23. The van der Waals surface area contributed by atoms with Crippen molar-refractivity contribution in [3.8, 4) is 22.9 Å². The van der Waals surface area contributed by atoms with E-state index in [0.29, 0.717) is 5.56 Å². The zero-order valence-corrected chi connectivity index (χ0v) is 14.1. The van der Waals surface area contributed by atoms with E-state index in [1.54, 1.807) is 0 Å². The Balaban J connectivity index is 1.79. The molecule has 0 saturated carbocycles. The lowest BCUT2D eigenvalue weighted by molar-refractivity contribution is 0.303. The second-order valence-corrected chi connectivity index (χ2v) is 6.31. The van der Waals surface area contributed by atoms with E-state index >= 15 is 0 Å². The molecule has 2 rings (SSSR count). The van der Waals surface area contributed by atoms with Crippen molar-refractivity contribution in [2.75, 3.05) is 6.61 Å². The van der Waals surface area contributed by atoms with Gasteiger partial charge in [-0.05, 0) is 47.7 Å². The molecule has 0 aromatic heterocycles. The van der Waals surface area contributed by atoms with Gasteiger partial charge in [0.15, 0.2) is 0 Å². The summed E-state index contributed by atoms with van der Waals surface area (Å²) in [5.41, 5.74) is 2.94. The van der Waals surface area contributed by atoms with E-state index in [9.17, 15) is 0 Å². The minimum absolute atomic E-state index is 0.686. The average Bonchev–Trinajstić information content (AvgIpc) is 2.58. The minimum atomic E-state index is 0.686. The Hall–Kier alpha value is -2.27. The highest BCUT2D eigenvalue weighted by Gasteiger charge is 2.00. The average molecular weight is 307 g/mol. The van der Waals surface area contributed by atoms with E-state index in [0.717, 1.165) is 35.8 Å². The Kier molecular flexibility index (Phi) is 6.69. The van der Waals surface area contributed by atoms with Crippen molar-refractivity contribution in [1.82, 2.24) is 0 Å². The van der Waals surface area contributed by atoms with Crippen LogP contribution in [0, 0.1) is 17.2 Å². The fourth-order valence-corrected chi connectivity index (χ4v) is 2.50. The molecule has 0 aliphatic rings. The number of benzene rings is 2. The number of nitrogens with zero attached hydrogens (tertiary/aromatic N) is 1. The van der Waals surface area contributed by atoms with E-state index in [4.69, 9.17) is 10.00 Å². The first-order valence-corrected chi connectivity index (χ1v) is 8.42. The molecular weight excluding hydrogens is 282 g/mol. The quantitative estimate of drug-likeness (QED) is 0.576. The number of unbranched alkanes of at least 4 members (excludes halogenated alkanes) is 2. The molecule has 0 aliphatic carbocycles. The Morgan fingerprint density at radius 2 is 1.48 bits per heavy atom. The third kappa shape index (κ3) is 5.79. The normalized spacial score (nSPS) is 10.5. The predicted molar refractivity (Wildman–Crippen MR) is 95.4 cm³/mol. The molecule has 0 bridgehead atoms. The fourth-order valence-electron chi connectivity index (χ4n) is 2.50. The van der Waals surface area contributed by atoms with Gasteiger partial charge in [0, 0.05) is 0 Å². The Bertz CT molecular complexity index is 620. The van der Waals surface area contributed by atoms with Crippen molar-refractivity contribution >= 4 is 0 Å². The second kappa shape index (κ2) is 9.00. The van der Waals surface area contributed by atoms with Gasteiger partial charge in [-0.25, -0.2) is 0 Å². The number of hydrogen-bond donors (Lipinski definition) is 0. The topological polar surface area (TPSA) is 33.0 Å². The number of hydrogen-bond acceptors (Lipinski definition) is 2. The summed E-state index contributed by atoms with van der Waals surface area (Å²) >= 11 is 0. The third-order valence-electron chi connectivity index (χ3n) is 3.90. The van der Waals surface area contributed by atoms with Crippen LogP contribution in [0.3, 0.4) is 0 Å². The van der Waals surface area contributed by atoms with Crippen LogP contribution in [-0.4, -0.2) is 6.61 Å². The summed E-state index contributed by atoms with van der Waals surface area (Å²) in [6.07, 6.45) is 4.95. The largest absolute Gasteiger partial charge is 0.494 e. The maximum atomic E-state index is 8.83. The molecule has 0 unspecified atom stereocenters. The highest BCUT2D eigenvalue weighted by molar-refractivity contribution is 5.64. The summed E-state index contributed by atoms with van der Waals surface area (Å²) in [4.78, 5) is 0. The van der Waals surface area contributed by atoms with E-state index in [1.807, 2.05) is 36.4 Å². The zero-order valence-electron chi connectivity index (χ0n) is 14.1. The smallest absolute Gasteiger partial charge is 0.119 e. The summed E-state index contributed by atoms with van der Waals surface area (Å²) in [6.45, 7) is 5.33. The molecule has 0 radical (unpaired) electrons. The van der Waals surface area contributed by atoms with Crippen LogP contribution in [-0.2, 0) is 0 Å². The van der Waals surface area contributed by atoms with Crippen LogP contribution < -0.4 is 4.74 Å².